The molecule has 7 nitrogen and oxygen atoms in total. The van der Waals surface area contributed by atoms with Gasteiger partial charge in [0.1, 0.15) is 11.4 Å². The fourth-order valence-electron chi connectivity index (χ4n) is 2.44. The fourth-order valence-corrected chi connectivity index (χ4v) is 2.44. The van der Waals surface area contributed by atoms with Crippen LogP contribution in [0.3, 0.4) is 0 Å². The number of hydrogen-bond acceptors (Lipinski definition) is 6. The predicted molar refractivity (Wildman–Crippen MR) is 71.6 cm³/mol. The van der Waals surface area contributed by atoms with Crippen molar-refractivity contribution in [1.29, 1.82) is 0 Å². The van der Waals surface area contributed by atoms with E-state index in [0.29, 0.717) is 30.2 Å². The van der Waals surface area contributed by atoms with E-state index in [0.717, 1.165) is 0 Å². The molecule has 0 aromatic carbocycles. The molecule has 1 aromatic rings. The van der Waals surface area contributed by atoms with Crippen LogP contribution in [0.15, 0.2) is 0 Å². The largest absolute Gasteiger partial charge is 0.466 e. The van der Waals surface area contributed by atoms with Gasteiger partial charge < -0.3 is 14.8 Å². The Kier molecular flexibility index (Phi) is 3.96. The number of carbonyl (C=O) groups is 2. The third-order valence-electron chi connectivity index (χ3n) is 3.52. The maximum absolute atomic E-state index is 11.9. The zero-order valence-electron chi connectivity index (χ0n) is 12.1. The van der Waals surface area contributed by atoms with Crippen LogP contribution in [0, 0.1) is 12.8 Å². The summed E-state index contributed by atoms with van der Waals surface area (Å²) in [7, 11) is 1.33. The molecule has 0 amide bonds. The van der Waals surface area contributed by atoms with E-state index in [2.05, 4.69) is 10.4 Å². The molecule has 1 aliphatic heterocycles. The molecule has 0 spiro atoms. The van der Waals surface area contributed by atoms with Crippen LogP contribution in [0.1, 0.15) is 35.9 Å². The molecule has 1 aromatic heterocycles. The Labute approximate surface area is 117 Å². The first-order valence-corrected chi connectivity index (χ1v) is 6.59. The number of ether oxygens (including phenoxy) is 2. The predicted octanol–water partition coefficient (Wildman–Crippen LogP) is 1.14. The first-order valence-electron chi connectivity index (χ1n) is 6.59. The monoisotopic (exact) mass is 281 g/mol. The molecule has 0 bridgehead atoms. The van der Waals surface area contributed by atoms with Gasteiger partial charge in [0.25, 0.3) is 0 Å². The van der Waals surface area contributed by atoms with Crippen molar-refractivity contribution in [2.75, 3.05) is 25.6 Å². The van der Waals surface area contributed by atoms with Crippen LogP contribution in [0.2, 0.25) is 0 Å². The summed E-state index contributed by atoms with van der Waals surface area (Å²) in [5.74, 6) is -0.418. The van der Waals surface area contributed by atoms with Gasteiger partial charge >= 0.3 is 11.9 Å². The zero-order valence-corrected chi connectivity index (χ0v) is 12.1. The maximum atomic E-state index is 11.9. The summed E-state index contributed by atoms with van der Waals surface area (Å²) in [6, 6.07) is -0.178. The van der Waals surface area contributed by atoms with Crippen LogP contribution in [-0.2, 0) is 14.3 Å². The minimum atomic E-state index is -0.432. The molecule has 0 saturated heterocycles. The number of nitrogens with zero attached hydrogens (tertiary/aromatic N) is 2. The molecule has 0 fully saturated rings. The molecule has 0 aliphatic carbocycles. The second kappa shape index (κ2) is 5.52. The average molecular weight is 281 g/mol. The SMILES string of the molecule is CCOC(=O)C1CNc2c(C(=O)OC)c(C)nn2C1C. The van der Waals surface area contributed by atoms with Crippen LogP contribution in [-0.4, -0.2) is 42.0 Å². The third kappa shape index (κ3) is 2.23. The number of nitrogens with one attached hydrogen (secondary N) is 1. The number of aryl methyl sites for hydroxylation is 1. The second-order valence-electron chi connectivity index (χ2n) is 4.73. The molecule has 2 heterocycles. The number of fused-ring (bicyclic) bond motifs is 1. The summed E-state index contributed by atoms with van der Waals surface area (Å²) in [5.41, 5.74) is 0.998. The first-order chi connectivity index (χ1) is 9.51. The highest BCUT2D eigenvalue weighted by molar-refractivity contribution is 5.96. The number of carbonyl (C=O) groups excluding carboxylic acids is 2. The highest BCUT2D eigenvalue weighted by atomic mass is 16.5. The Morgan fingerprint density at radius 1 is 1.50 bits per heavy atom. The van der Waals surface area contributed by atoms with Crippen LogP contribution in [0.5, 0.6) is 0 Å². The van der Waals surface area contributed by atoms with Crippen molar-refractivity contribution in [3.8, 4) is 0 Å². The zero-order chi connectivity index (χ0) is 14.9. The van der Waals surface area contributed by atoms with E-state index < -0.39 is 5.97 Å². The summed E-state index contributed by atoms with van der Waals surface area (Å²) in [5, 5.41) is 7.43. The smallest absolute Gasteiger partial charge is 0.343 e. The number of esters is 2. The van der Waals surface area contributed by atoms with Gasteiger partial charge in [-0.1, -0.05) is 0 Å². The molecule has 20 heavy (non-hydrogen) atoms. The van der Waals surface area contributed by atoms with Gasteiger partial charge in [0.15, 0.2) is 0 Å². The second-order valence-corrected chi connectivity index (χ2v) is 4.73. The molecule has 1 aliphatic rings. The highest BCUT2D eigenvalue weighted by Gasteiger charge is 2.36. The summed E-state index contributed by atoms with van der Waals surface area (Å²) in [4.78, 5) is 23.7. The van der Waals surface area contributed by atoms with Crippen LogP contribution >= 0.6 is 0 Å². The molecular formula is C13H19N3O4. The lowest BCUT2D eigenvalue weighted by molar-refractivity contribution is -0.149. The molecule has 2 atom stereocenters. The van der Waals surface area contributed by atoms with Crippen LogP contribution in [0.25, 0.3) is 0 Å². The first kappa shape index (κ1) is 14.4. The van der Waals surface area contributed by atoms with Crippen molar-refractivity contribution in [1.82, 2.24) is 9.78 Å². The summed E-state index contributed by atoms with van der Waals surface area (Å²) in [6.07, 6.45) is 0. The molecule has 110 valence electrons. The lowest BCUT2D eigenvalue weighted by Crippen LogP contribution is -2.38. The van der Waals surface area contributed by atoms with E-state index in [1.54, 1.807) is 18.5 Å². The lowest BCUT2D eigenvalue weighted by Gasteiger charge is -2.30. The number of anilines is 1. The molecular weight excluding hydrogens is 262 g/mol. The van der Waals surface area contributed by atoms with Crippen molar-refractivity contribution in [3.05, 3.63) is 11.3 Å². The van der Waals surface area contributed by atoms with Gasteiger partial charge in [0, 0.05) is 6.54 Å². The minimum absolute atomic E-state index is 0.178. The van der Waals surface area contributed by atoms with Crippen molar-refractivity contribution in [2.45, 2.75) is 26.8 Å². The van der Waals surface area contributed by atoms with E-state index >= 15 is 0 Å². The van der Waals surface area contributed by atoms with E-state index in [9.17, 15) is 9.59 Å². The quantitative estimate of drug-likeness (QED) is 0.837. The van der Waals surface area contributed by atoms with Crippen molar-refractivity contribution in [3.63, 3.8) is 0 Å². The Morgan fingerprint density at radius 2 is 2.20 bits per heavy atom. The van der Waals surface area contributed by atoms with Gasteiger partial charge in [-0.25, -0.2) is 9.48 Å². The molecule has 2 rings (SSSR count). The molecule has 7 heteroatoms. The Hall–Kier alpha value is -2.05. The topological polar surface area (TPSA) is 82.4 Å². The Bertz CT molecular complexity index is 538. The standard InChI is InChI=1S/C13H19N3O4/c1-5-20-12(17)9-6-14-11-10(13(18)19-4)7(2)15-16(11)8(9)3/h8-9,14H,5-6H2,1-4H3. The number of hydrogen-bond donors (Lipinski definition) is 1. The number of methoxy groups -OCH3 is 1. The number of aromatic nitrogens is 2. The normalized spacial score (nSPS) is 20.8. The third-order valence-corrected chi connectivity index (χ3v) is 3.52. The van der Waals surface area contributed by atoms with Gasteiger partial charge in [-0.05, 0) is 20.8 Å². The summed E-state index contributed by atoms with van der Waals surface area (Å²) >= 11 is 0. The van der Waals surface area contributed by atoms with Gasteiger partial charge in [0.2, 0.25) is 0 Å². The fraction of sp³-hybridized carbons (Fsp3) is 0.615. The van der Waals surface area contributed by atoms with Crippen molar-refractivity contribution < 1.29 is 19.1 Å². The van der Waals surface area contributed by atoms with Gasteiger partial charge in [0.05, 0.1) is 31.4 Å². The molecule has 2 unspecified atom stereocenters. The van der Waals surface area contributed by atoms with Crippen LogP contribution < -0.4 is 5.32 Å². The van der Waals surface area contributed by atoms with Gasteiger partial charge in [-0.15, -0.1) is 0 Å². The molecule has 0 radical (unpaired) electrons. The summed E-state index contributed by atoms with van der Waals surface area (Å²) < 4.78 is 11.5. The summed E-state index contributed by atoms with van der Waals surface area (Å²) in [6.45, 7) is 6.16. The molecule has 0 saturated carbocycles. The van der Waals surface area contributed by atoms with Crippen LogP contribution in [0.4, 0.5) is 5.82 Å². The lowest BCUT2D eigenvalue weighted by atomic mass is 9.99. The van der Waals surface area contributed by atoms with Crippen molar-refractivity contribution >= 4 is 17.8 Å². The minimum Gasteiger partial charge on any atom is -0.466 e. The van der Waals surface area contributed by atoms with Gasteiger partial charge in [-0.2, -0.15) is 5.10 Å². The van der Waals surface area contributed by atoms with E-state index in [4.69, 9.17) is 9.47 Å². The average Bonchev–Trinajstić information content (AvgIpc) is 2.76. The van der Waals surface area contributed by atoms with Gasteiger partial charge in [-0.3, -0.25) is 4.79 Å². The van der Waals surface area contributed by atoms with Crippen molar-refractivity contribution in [2.24, 2.45) is 5.92 Å². The highest BCUT2D eigenvalue weighted by Crippen LogP contribution is 2.32. The Morgan fingerprint density at radius 3 is 2.80 bits per heavy atom. The molecule has 1 N–H and O–H groups in total. The van der Waals surface area contributed by atoms with E-state index in [1.165, 1.54) is 7.11 Å². The maximum Gasteiger partial charge on any atom is 0.343 e. The Balaban J connectivity index is 2.34. The number of rotatable bonds is 3. The van der Waals surface area contributed by atoms with E-state index in [-0.39, 0.29) is 17.9 Å². The van der Waals surface area contributed by atoms with E-state index in [1.807, 2.05) is 6.92 Å².